The zero-order chi connectivity index (χ0) is 18.8. The molecule has 0 radical (unpaired) electrons. The third kappa shape index (κ3) is 6.27. The van der Waals surface area contributed by atoms with Crippen LogP contribution in [0.5, 0.6) is 0 Å². The molecule has 144 valence electrons. The van der Waals surface area contributed by atoms with E-state index in [-0.39, 0.29) is 16.7 Å². The van der Waals surface area contributed by atoms with Crippen molar-refractivity contribution in [1.29, 1.82) is 0 Å². The van der Waals surface area contributed by atoms with Crippen molar-refractivity contribution in [2.24, 2.45) is 4.99 Å². The van der Waals surface area contributed by atoms with E-state index >= 15 is 0 Å². The first-order chi connectivity index (χ1) is 12.6. The van der Waals surface area contributed by atoms with Gasteiger partial charge in [0.15, 0.2) is 5.96 Å². The van der Waals surface area contributed by atoms with E-state index in [0.29, 0.717) is 6.54 Å². The number of methoxy groups -OCH3 is 1. The molecule has 26 heavy (non-hydrogen) atoms. The Kier molecular flexibility index (Phi) is 8.30. The van der Waals surface area contributed by atoms with Crippen LogP contribution in [0, 0.1) is 10.1 Å². The lowest BCUT2D eigenvalue weighted by Gasteiger charge is -2.34. The van der Waals surface area contributed by atoms with E-state index in [1.165, 1.54) is 6.07 Å². The Bertz CT molecular complexity index is 601. The van der Waals surface area contributed by atoms with Crippen LogP contribution in [0.25, 0.3) is 0 Å². The lowest BCUT2D eigenvalue weighted by Crippen LogP contribution is -2.46. The number of hydrogen-bond acceptors (Lipinski definition) is 5. The topological polar surface area (TPSA) is 89.2 Å². The smallest absolute Gasteiger partial charge is 0.269 e. The maximum absolute atomic E-state index is 10.9. The Labute approximate surface area is 154 Å². The minimum absolute atomic E-state index is 0.103. The second-order valence-electron chi connectivity index (χ2n) is 6.23. The van der Waals surface area contributed by atoms with Gasteiger partial charge in [-0.3, -0.25) is 15.1 Å². The molecule has 1 aromatic carbocycles. The number of ether oxygens (including phenoxy) is 2. The summed E-state index contributed by atoms with van der Waals surface area (Å²) < 4.78 is 10.9. The molecular weight excluding hydrogens is 336 g/mol. The van der Waals surface area contributed by atoms with Crippen molar-refractivity contribution in [2.45, 2.75) is 31.9 Å². The molecule has 0 aromatic heterocycles. The summed E-state index contributed by atoms with van der Waals surface area (Å²) >= 11 is 0. The summed E-state index contributed by atoms with van der Waals surface area (Å²) in [7, 11) is 3.45. The molecule has 1 saturated heterocycles. The quantitative estimate of drug-likeness (QED) is 0.250. The molecule has 1 aromatic rings. The minimum Gasteiger partial charge on any atom is -0.385 e. The molecule has 1 heterocycles. The van der Waals surface area contributed by atoms with Gasteiger partial charge in [-0.2, -0.15) is 0 Å². The number of benzene rings is 1. The fraction of sp³-hybridized carbons (Fsp3) is 0.611. The van der Waals surface area contributed by atoms with Crippen molar-refractivity contribution < 1.29 is 14.4 Å². The molecule has 1 aliphatic rings. The van der Waals surface area contributed by atoms with Crippen molar-refractivity contribution in [3.8, 4) is 0 Å². The van der Waals surface area contributed by atoms with Gasteiger partial charge in [-0.25, -0.2) is 0 Å². The first-order valence-corrected chi connectivity index (χ1v) is 8.93. The molecule has 0 spiro atoms. The number of likely N-dealkylation sites (tertiary alicyclic amines) is 1. The molecule has 0 unspecified atom stereocenters. The number of aliphatic imine (C=N–C) groups is 1. The molecule has 2 rings (SSSR count). The van der Waals surface area contributed by atoms with Crippen molar-refractivity contribution in [1.82, 2.24) is 10.2 Å². The van der Waals surface area contributed by atoms with Crippen molar-refractivity contribution in [2.75, 3.05) is 40.5 Å². The Morgan fingerprint density at radius 2 is 2.15 bits per heavy atom. The first kappa shape index (κ1) is 20.1. The van der Waals surface area contributed by atoms with Gasteiger partial charge in [0, 0.05) is 59.1 Å². The fourth-order valence-corrected chi connectivity index (χ4v) is 2.98. The van der Waals surface area contributed by atoms with Gasteiger partial charge >= 0.3 is 0 Å². The van der Waals surface area contributed by atoms with Crippen LogP contribution < -0.4 is 5.32 Å². The Morgan fingerprint density at radius 1 is 1.38 bits per heavy atom. The predicted molar refractivity (Wildman–Crippen MR) is 100 cm³/mol. The Morgan fingerprint density at radius 3 is 2.81 bits per heavy atom. The largest absolute Gasteiger partial charge is 0.385 e. The van der Waals surface area contributed by atoms with Gasteiger partial charge in [0.25, 0.3) is 5.69 Å². The highest BCUT2D eigenvalue weighted by molar-refractivity contribution is 5.80. The Balaban J connectivity index is 1.77. The predicted octanol–water partition coefficient (Wildman–Crippen LogP) is 2.19. The van der Waals surface area contributed by atoms with E-state index in [4.69, 9.17) is 9.47 Å². The van der Waals surface area contributed by atoms with Crippen LogP contribution in [-0.4, -0.2) is 62.3 Å². The van der Waals surface area contributed by atoms with Crippen molar-refractivity contribution >= 4 is 11.6 Å². The summed E-state index contributed by atoms with van der Waals surface area (Å²) in [6.07, 6.45) is 3.14. The maximum Gasteiger partial charge on any atom is 0.269 e. The van der Waals surface area contributed by atoms with Gasteiger partial charge in [0.05, 0.1) is 11.0 Å². The third-order valence-corrected chi connectivity index (χ3v) is 4.37. The van der Waals surface area contributed by atoms with Gasteiger partial charge < -0.3 is 19.7 Å². The van der Waals surface area contributed by atoms with Crippen LogP contribution in [0.3, 0.4) is 0 Å². The highest BCUT2D eigenvalue weighted by Gasteiger charge is 2.21. The van der Waals surface area contributed by atoms with Gasteiger partial charge in [-0.05, 0) is 24.8 Å². The van der Waals surface area contributed by atoms with Crippen molar-refractivity contribution in [3.05, 3.63) is 39.9 Å². The normalized spacial score (nSPS) is 15.9. The van der Waals surface area contributed by atoms with E-state index in [0.717, 1.165) is 57.1 Å². The highest BCUT2D eigenvalue weighted by Crippen LogP contribution is 2.15. The van der Waals surface area contributed by atoms with Gasteiger partial charge in [0.2, 0.25) is 0 Å². The number of hydrogen-bond donors (Lipinski definition) is 1. The lowest BCUT2D eigenvalue weighted by molar-refractivity contribution is -0.384. The number of piperidine rings is 1. The van der Waals surface area contributed by atoms with E-state index < -0.39 is 0 Å². The summed E-state index contributed by atoms with van der Waals surface area (Å²) in [6, 6.07) is 6.65. The third-order valence-electron chi connectivity index (χ3n) is 4.37. The van der Waals surface area contributed by atoms with E-state index in [2.05, 4.69) is 15.2 Å². The number of nitrogens with one attached hydrogen (secondary N) is 1. The number of rotatable bonds is 8. The second-order valence-corrected chi connectivity index (χ2v) is 6.23. The highest BCUT2D eigenvalue weighted by atomic mass is 16.6. The molecular formula is C18H28N4O4. The van der Waals surface area contributed by atoms with Crippen LogP contribution >= 0.6 is 0 Å². The molecule has 0 aliphatic carbocycles. The van der Waals surface area contributed by atoms with Crippen LogP contribution in [-0.2, 0) is 16.0 Å². The summed E-state index contributed by atoms with van der Waals surface area (Å²) in [4.78, 5) is 17.0. The van der Waals surface area contributed by atoms with Crippen LogP contribution in [0.4, 0.5) is 5.69 Å². The summed E-state index contributed by atoms with van der Waals surface area (Å²) in [6.45, 7) is 3.72. The number of nitro benzene ring substituents is 1. The van der Waals surface area contributed by atoms with Gasteiger partial charge in [0.1, 0.15) is 0 Å². The number of guanidine groups is 1. The van der Waals surface area contributed by atoms with Gasteiger partial charge in [-0.15, -0.1) is 0 Å². The van der Waals surface area contributed by atoms with Crippen LogP contribution in [0.2, 0.25) is 0 Å². The maximum atomic E-state index is 10.9. The molecule has 1 fully saturated rings. The van der Waals surface area contributed by atoms with Gasteiger partial charge in [-0.1, -0.05) is 12.1 Å². The molecule has 0 bridgehead atoms. The molecule has 8 nitrogen and oxygen atoms in total. The number of nitrogens with zero attached hydrogens (tertiary/aromatic N) is 3. The summed E-state index contributed by atoms with van der Waals surface area (Å²) in [5, 5.41) is 14.2. The Hall–Kier alpha value is -2.19. The number of non-ortho nitro benzene ring substituents is 1. The van der Waals surface area contributed by atoms with Crippen LogP contribution in [0.1, 0.15) is 24.8 Å². The van der Waals surface area contributed by atoms with E-state index in [1.807, 2.05) is 6.07 Å². The first-order valence-electron chi connectivity index (χ1n) is 8.93. The van der Waals surface area contributed by atoms with Crippen LogP contribution in [0.15, 0.2) is 29.3 Å². The molecule has 1 aliphatic heterocycles. The fourth-order valence-electron chi connectivity index (χ4n) is 2.98. The van der Waals surface area contributed by atoms with Crippen molar-refractivity contribution in [3.63, 3.8) is 0 Å². The molecule has 0 saturated carbocycles. The zero-order valence-electron chi connectivity index (χ0n) is 15.5. The molecule has 1 N–H and O–H groups in total. The minimum atomic E-state index is -0.379. The average molecular weight is 364 g/mol. The monoisotopic (exact) mass is 364 g/mol. The second kappa shape index (κ2) is 10.7. The average Bonchev–Trinajstić information content (AvgIpc) is 2.67. The molecule has 0 amide bonds. The molecule has 8 heteroatoms. The SMILES string of the molecule is CN=C(NCc1cccc([N+](=O)[O-])c1)N1CCC(OCCCOC)CC1. The van der Waals surface area contributed by atoms with E-state index in [9.17, 15) is 10.1 Å². The summed E-state index contributed by atoms with van der Waals surface area (Å²) in [5.74, 6) is 0.814. The standard InChI is InChI=1S/C18H28N4O4/c1-19-18(20-14-15-5-3-6-16(13-15)22(23)24)21-9-7-17(8-10-21)26-12-4-11-25-2/h3,5-6,13,17H,4,7-12,14H2,1-2H3,(H,19,20). The lowest BCUT2D eigenvalue weighted by atomic mass is 10.1. The van der Waals surface area contributed by atoms with E-state index in [1.54, 1.807) is 26.3 Å². The summed E-state index contributed by atoms with van der Waals surface area (Å²) in [5.41, 5.74) is 0.961. The zero-order valence-corrected chi connectivity index (χ0v) is 15.5. The number of nitro groups is 1. The molecule has 0 atom stereocenters.